The molecule has 0 spiro atoms. The van der Waals surface area contributed by atoms with E-state index in [1.54, 1.807) is 30.6 Å². The summed E-state index contributed by atoms with van der Waals surface area (Å²) in [4.78, 5) is 14.0. The minimum absolute atomic E-state index is 0. The van der Waals surface area contributed by atoms with E-state index in [2.05, 4.69) is 32.5 Å². The Bertz CT molecular complexity index is 615. The highest BCUT2D eigenvalue weighted by molar-refractivity contribution is 14.0. The van der Waals surface area contributed by atoms with Crippen molar-refractivity contribution in [2.24, 2.45) is 4.99 Å². The summed E-state index contributed by atoms with van der Waals surface area (Å²) in [5.74, 6) is 0.773. The Labute approximate surface area is 163 Å². The summed E-state index contributed by atoms with van der Waals surface area (Å²) in [6, 6.07) is 3.78. The van der Waals surface area contributed by atoms with Crippen LogP contribution in [0, 0.1) is 0 Å². The van der Waals surface area contributed by atoms with Gasteiger partial charge >= 0.3 is 0 Å². The summed E-state index contributed by atoms with van der Waals surface area (Å²) in [6.07, 6.45) is 5.62. The molecule has 0 saturated heterocycles. The monoisotopic (exact) mass is 465 g/mol. The topological polar surface area (TPSA) is 62.2 Å². The Balaban J connectivity index is 0.00000264. The molecule has 0 aliphatic rings. The standard InChI is InChI=1S/C15H20ClN5S.HI/c1-3-12-9-20-14(22-12)10-21-15(17-2)18-7-6-11-4-5-13(16)19-8-11;/h4-5,8-9H,3,6-7,10H2,1-2H3,(H2,17,18,21);1H. The molecule has 0 unspecified atom stereocenters. The number of hydrogen-bond acceptors (Lipinski definition) is 4. The largest absolute Gasteiger partial charge is 0.356 e. The van der Waals surface area contributed by atoms with Crippen LogP contribution in [0.4, 0.5) is 0 Å². The number of nitrogens with zero attached hydrogens (tertiary/aromatic N) is 3. The van der Waals surface area contributed by atoms with Gasteiger partial charge in [0.25, 0.3) is 0 Å². The molecule has 0 amide bonds. The summed E-state index contributed by atoms with van der Waals surface area (Å²) in [7, 11) is 1.76. The SMILES string of the molecule is CCc1cnc(CNC(=NC)NCCc2ccc(Cl)nc2)s1.I. The highest BCUT2D eigenvalue weighted by atomic mass is 127. The average Bonchev–Trinajstić information content (AvgIpc) is 3.00. The second kappa shape index (κ2) is 10.8. The van der Waals surface area contributed by atoms with Crippen molar-refractivity contribution in [3.8, 4) is 0 Å². The predicted molar refractivity (Wildman–Crippen MR) is 108 cm³/mol. The maximum atomic E-state index is 5.77. The zero-order valence-electron chi connectivity index (χ0n) is 13.2. The van der Waals surface area contributed by atoms with Crippen molar-refractivity contribution in [1.82, 2.24) is 20.6 Å². The van der Waals surface area contributed by atoms with Crippen molar-refractivity contribution in [3.05, 3.63) is 45.1 Å². The van der Waals surface area contributed by atoms with Crippen LogP contribution in [0.3, 0.4) is 0 Å². The number of halogens is 2. The zero-order valence-corrected chi connectivity index (χ0v) is 17.1. The molecular weight excluding hydrogens is 445 g/mol. The molecule has 2 rings (SSSR count). The number of aromatic nitrogens is 2. The maximum Gasteiger partial charge on any atom is 0.191 e. The lowest BCUT2D eigenvalue weighted by Crippen LogP contribution is -2.37. The summed E-state index contributed by atoms with van der Waals surface area (Å²) in [6.45, 7) is 3.60. The maximum absolute atomic E-state index is 5.77. The van der Waals surface area contributed by atoms with Crippen LogP contribution in [-0.2, 0) is 19.4 Å². The number of pyridine rings is 1. The minimum atomic E-state index is 0. The number of aryl methyl sites for hydroxylation is 1. The van der Waals surface area contributed by atoms with E-state index in [0.717, 1.165) is 35.9 Å². The molecule has 0 aromatic carbocycles. The smallest absolute Gasteiger partial charge is 0.191 e. The van der Waals surface area contributed by atoms with Gasteiger partial charge in [-0.05, 0) is 24.5 Å². The first-order valence-corrected chi connectivity index (χ1v) is 8.39. The van der Waals surface area contributed by atoms with Gasteiger partial charge in [0.15, 0.2) is 5.96 Å². The molecule has 0 aliphatic carbocycles. The first-order chi connectivity index (χ1) is 10.7. The second-order valence-electron chi connectivity index (χ2n) is 4.67. The highest BCUT2D eigenvalue weighted by Crippen LogP contribution is 2.12. The van der Waals surface area contributed by atoms with Crippen LogP contribution in [0.1, 0.15) is 22.4 Å². The van der Waals surface area contributed by atoms with E-state index in [1.807, 2.05) is 12.3 Å². The number of guanidine groups is 1. The van der Waals surface area contributed by atoms with Gasteiger partial charge in [-0.25, -0.2) is 9.97 Å². The molecular formula is C15H21ClIN5S. The Morgan fingerprint density at radius 1 is 1.26 bits per heavy atom. The highest BCUT2D eigenvalue weighted by Gasteiger charge is 2.03. The predicted octanol–water partition coefficient (Wildman–Crippen LogP) is 3.28. The molecule has 0 aliphatic heterocycles. The molecule has 0 atom stereocenters. The Morgan fingerprint density at radius 3 is 2.70 bits per heavy atom. The number of aliphatic imine (C=N–C) groups is 1. The van der Waals surface area contributed by atoms with E-state index in [4.69, 9.17) is 11.6 Å². The number of rotatable bonds is 6. The van der Waals surface area contributed by atoms with Gasteiger partial charge in [-0.2, -0.15) is 0 Å². The van der Waals surface area contributed by atoms with Gasteiger partial charge in [-0.3, -0.25) is 4.99 Å². The van der Waals surface area contributed by atoms with Gasteiger partial charge in [0.2, 0.25) is 0 Å². The van der Waals surface area contributed by atoms with Crippen LogP contribution < -0.4 is 10.6 Å². The fourth-order valence-electron chi connectivity index (χ4n) is 1.85. The molecule has 2 heterocycles. The third-order valence-electron chi connectivity index (χ3n) is 3.08. The van der Waals surface area contributed by atoms with Crippen LogP contribution in [0.2, 0.25) is 5.15 Å². The lowest BCUT2D eigenvalue weighted by atomic mass is 10.2. The quantitative estimate of drug-likeness (QED) is 0.297. The molecule has 0 saturated carbocycles. The van der Waals surface area contributed by atoms with E-state index in [0.29, 0.717) is 11.7 Å². The fourth-order valence-corrected chi connectivity index (χ4v) is 2.77. The zero-order chi connectivity index (χ0) is 15.8. The third kappa shape index (κ3) is 7.01. The van der Waals surface area contributed by atoms with Crippen molar-refractivity contribution in [2.75, 3.05) is 13.6 Å². The molecule has 0 radical (unpaired) electrons. The molecule has 2 aromatic rings. The number of hydrogen-bond donors (Lipinski definition) is 2. The van der Waals surface area contributed by atoms with Crippen LogP contribution in [0.25, 0.3) is 0 Å². The van der Waals surface area contributed by atoms with E-state index >= 15 is 0 Å². The van der Waals surface area contributed by atoms with Crippen molar-refractivity contribution in [3.63, 3.8) is 0 Å². The fraction of sp³-hybridized carbons (Fsp3) is 0.400. The van der Waals surface area contributed by atoms with E-state index < -0.39 is 0 Å². The molecule has 23 heavy (non-hydrogen) atoms. The summed E-state index contributed by atoms with van der Waals surface area (Å²) < 4.78 is 0. The minimum Gasteiger partial charge on any atom is -0.356 e. The molecule has 0 bridgehead atoms. The molecule has 5 nitrogen and oxygen atoms in total. The van der Waals surface area contributed by atoms with Crippen molar-refractivity contribution in [2.45, 2.75) is 26.3 Å². The molecule has 0 fully saturated rings. The van der Waals surface area contributed by atoms with Crippen molar-refractivity contribution in [1.29, 1.82) is 0 Å². The summed E-state index contributed by atoms with van der Waals surface area (Å²) in [5.41, 5.74) is 1.14. The van der Waals surface area contributed by atoms with E-state index in [9.17, 15) is 0 Å². The van der Waals surface area contributed by atoms with Crippen LogP contribution in [0.5, 0.6) is 0 Å². The van der Waals surface area contributed by atoms with Gasteiger partial charge in [-0.1, -0.05) is 24.6 Å². The van der Waals surface area contributed by atoms with E-state index in [-0.39, 0.29) is 24.0 Å². The first-order valence-electron chi connectivity index (χ1n) is 7.19. The number of nitrogens with one attached hydrogen (secondary N) is 2. The van der Waals surface area contributed by atoms with Gasteiger partial charge in [0.1, 0.15) is 10.2 Å². The van der Waals surface area contributed by atoms with Gasteiger partial charge in [-0.15, -0.1) is 35.3 Å². The van der Waals surface area contributed by atoms with E-state index in [1.165, 1.54) is 4.88 Å². The van der Waals surface area contributed by atoms with Gasteiger partial charge < -0.3 is 10.6 Å². The Morgan fingerprint density at radius 2 is 2.09 bits per heavy atom. The normalized spacial score (nSPS) is 11.0. The van der Waals surface area contributed by atoms with Crippen molar-refractivity contribution < 1.29 is 0 Å². The first kappa shape index (κ1) is 20.1. The van der Waals surface area contributed by atoms with Crippen LogP contribution >= 0.6 is 46.9 Å². The van der Waals surface area contributed by atoms with Crippen LogP contribution in [-0.4, -0.2) is 29.5 Å². The summed E-state index contributed by atoms with van der Waals surface area (Å²) >= 11 is 7.50. The molecule has 126 valence electrons. The second-order valence-corrected chi connectivity index (χ2v) is 6.25. The van der Waals surface area contributed by atoms with Gasteiger partial charge in [0.05, 0.1) is 6.54 Å². The van der Waals surface area contributed by atoms with Crippen LogP contribution in [0.15, 0.2) is 29.5 Å². The molecule has 2 N–H and O–H groups in total. The lowest BCUT2D eigenvalue weighted by molar-refractivity contribution is 0.790. The lowest BCUT2D eigenvalue weighted by Gasteiger charge is -2.10. The summed E-state index contributed by atoms with van der Waals surface area (Å²) in [5, 5.41) is 8.14. The Kier molecular flexibility index (Phi) is 9.42. The number of thiazole rings is 1. The molecule has 8 heteroatoms. The Hall–Kier alpha value is -0.930. The van der Waals surface area contributed by atoms with Gasteiger partial charge in [0, 0.05) is 30.9 Å². The van der Waals surface area contributed by atoms with Crippen molar-refractivity contribution >= 4 is 52.9 Å². The molecule has 2 aromatic heterocycles. The third-order valence-corrected chi connectivity index (χ3v) is 4.44. The average molecular weight is 466 g/mol.